The first-order valence-electron chi connectivity index (χ1n) is 4.86. The maximum atomic E-state index is 12.0. The number of aromatic hydroxyl groups is 1. The lowest BCUT2D eigenvalue weighted by molar-refractivity contribution is -0.140. The number of phenolic OH excluding ortho intramolecular Hbond substituents is 1. The van der Waals surface area contributed by atoms with Crippen molar-refractivity contribution in [2.24, 2.45) is 0 Å². The minimum atomic E-state index is -2.95. The van der Waals surface area contributed by atoms with Crippen LogP contribution in [-0.4, -0.2) is 24.8 Å². The summed E-state index contributed by atoms with van der Waals surface area (Å²) in [6.45, 7) is -2.95. The zero-order chi connectivity index (χ0) is 12.8. The van der Waals surface area contributed by atoms with Gasteiger partial charge in [0, 0.05) is 12.5 Å². The van der Waals surface area contributed by atoms with Crippen molar-refractivity contribution in [3.05, 3.63) is 23.8 Å². The molecule has 0 aliphatic heterocycles. The van der Waals surface area contributed by atoms with Crippen molar-refractivity contribution in [2.45, 2.75) is 19.5 Å². The molecule has 94 valence electrons. The molecule has 0 aliphatic carbocycles. The fraction of sp³-hybridized carbons (Fsp3) is 0.364. The van der Waals surface area contributed by atoms with E-state index in [1.807, 2.05) is 0 Å². The van der Waals surface area contributed by atoms with E-state index in [4.69, 9.17) is 0 Å². The molecule has 6 heteroatoms. The Morgan fingerprint density at radius 1 is 1.41 bits per heavy atom. The molecule has 1 N–H and O–H groups in total. The van der Waals surface area contributed by atoms with E-state index in [1.54, 1.807) is 0 Å². The molecule has 0 fully saturated rings. The zero-order valence-electron chi connectivity index (χ0n) is 9.15. The molecule has 1 aromatic rings. The Balaban J connectivity index is 2.71. The maximum Gasteiger partial charge on any atom is 0.387 e. The lowest BCUT2D eigenvalue weighted by Gasteiger charge is -2.07. The first-order chi connectivity index (χ1) is 8.01. The second-order valence-corrected chi connectivity index (χ2v) is 3.29. The SMILES string of the molecule is COC(=O)CCc1cc(O)cc(OC(F)F)c1. The number of ether oxygens (including phenoxy) is 2. The Hall–Kier alpha value is -1.85. The Kier molecular flexibility index (Phi) is 4.68. The van der Waals surface area contributed by atoms with Gasteiger partial charge in [-0.15, -0.1) is 0 Å². The summed E-state index contributed by atoms with van der Waals surface area (Å²) in [7, 11) is 1.26. The molecule has 0 atom stereocenters. The van der Waals surface area contributed by atoms with Crippen molar-refractivity contribution in [2.75, 3.05) is 7.11 Å². The van der Waals surface area contributed by atoms with Crippen LogP contribution in [0.25, 0.3) is 0 Å². The molecule has 0 spiro atoms. The third-order valence-corrected chi connectivity index (χ3v) is 2.02. The number of rotatable bonds is 5. The van der Waals surface area contributed by atoms with Crippen LogP contribution < -0.4 is 4.74 Å². The van der Waals surface area contributed by atoms with Gasteiger partial charge in [0.25, 0.3) is 0 Å². The van der Waals surface area contributed by atoms with Gasteiger partial charge in [-0.2, -0.15) is 8.78 Å². The number of carbonyl (C=O) groups is 1. The van der Waals surface area contributed by atoms with Gasteiger partial charge in [0.05, 0.1) is 7.11 Å². The molecule has 1 rings (SSSR count). The molecule has 0 amide bonds. The summed E-state index contributed by atoms with van der Waals surface area (Å²) in [6.07, 6.45) is 0.384. The molecule has 0 bridgehead atoms. The Morgan fingerprint density at radius 2 is 2.12 bits per heavy atom. The molecule has 17 heavy (non-hydrogen) atoms. The molecule has 0 radical (unpaired) electrons. The van der Waals surface area contributed by atoms with Gasteiger partial charge in [-0.05, 0) is 24.1 Å². The molecule has 0 aliphatic rings. The number of aryl methyl sites for hydroxylation is 1. The van der Waals surface area contributed by atoms with Gasteiger partial charge in [-0.1, -0.05) is 0 Å². The first kappa shape index (κ1) is 13.2. The van der Waals surface area contributed by atoms with E-state index < -0.39 is 12.6 Å². The average Bonchev–Trinajstić information content (AvgIpc) is 2.24. The summed E-state index contributed by atoms with van der Waals surface area (Å²) in [5, 5.41) is 9.29. The van der Waals surface area contributed by atoms with Crippen molar-refractivity contribution in [3.63, 3.8) is 0 Å². The first-order valence-corrected chi connectivity index (χ1v) is 4.86. The van der Waals surface area contributed by atoms with Gasteiger partial charge >= 0.3 is 12.6 Å². The Morgan fingerprint density at radius 3 is 2.71 bits per heavy atom. The van der Waals surface area contributed by atoms with Crippen LogP contribution in [0.3, 0.4) is 0 Å². The van der Waals surface area contributed by atoms with E-state index in [2.05, 4.69) is 9.47 Å². The van der Waals surface area contributed by atoms with Crippen LogP contribution in [0.15, 0.2) is 18.2 Å². The topological polar surface area (TPSA) is 55.8 Å². The predicted molar refractivity (Wildman–Crippen MR) is 55.1 cm³/mol. The maximum absolute atomic E-state index is 12.0. The number of benzene rings is 1. The largest absolute Gasteiger partial charge is 0.508 e. The number of methoxy groups -OCH3 is 1. The highest BCUT2D eigenvalue weighted by Gasteiger charge is 2.08. The number of esters is 1. The van der Waals surface area contributed by atoms with Crippen LogP contribution in [0, 0.1) is 0 Å². The summed E-state index contributed by atoms with van der Waals surface area (Å²) >= 11 is 0. The molecule has 0 heterocycles. The fourth-order valence-corrected chi connectivity index (χ4v) is 1.31. The van der Waals surface area contributed by atoms with E-state index in [0.717, 1.165) is 6.07 Å². The van der Waals surface area contributed by atoms with Crippen LogP contribution in [0.4, 0.5) is 8.78 Å². The molecule has 1 aromatic carbocycles. The van der Waals surface area contributed by atoms with E-state index in [-0.39, 0.29) is 24.3 Å². The van der Waals surface area contributed by atoms with Gasteiger partial charge in [0.1, 0.15) is 11.5 Å². The second kappa shape index (κ2) is 6.03. The lowest BCUT2D eigenvalue weighted by Crippen LogP contribution is -2.04. The van der Waals surface area contributed by atoms with Crippen LogP contribution in [0.2, 0.25) is 0 Å². The van der Waals surface area contributed by atoms with Crippen molar-refractivity contribution in [1.29, 1.82) is 0 Å². The highest BCUT2D eigenvalue weighted by molar-refractivity contribution is 5.69. The summed E-state index contributed by atoms with van der Waals surface area (Å²) in [5.41, 5.74) is 0.519. The third kappa shape index (κ3) is 4.67. The smallest absolute Gasteiger partial charge is 0.387 e. The highest BCUT2D eigenvalue weighted by Crippen LogP contribution is 2.24. The van der Waals surface area contributed by atoms with Crippen molar-refractivity contribution < 1.29 is 28.2 Å². The number of hydrogen-bond donors (Lipinski definition) is 1. The minimum Gasteiger partial charge on any atom is -0.508 e. The third-order valence-electron chi connectivity index (χ3n) is 2.02. The van der Waals surface area contributed by atoms with Crippen LogP contribution in [0.5, 0.6) is 11.5 Å². The number of halogens is 2. The van der Waals surface area contributed by atoms with Crippen LogP contribution in [0.1, 0.15) is 12.0 Å². The quantitative estimate of drug-likeness (QED) is 0.808. The van der Waals surface area contributed by atoms with E-state index in [0.29, 0.717) is 5.56 Å². The standard InChI is InChI=1S/C11H12F2O4/c1-16-10(15)3-2-7-4-8(14)6-9(5-7)17-11(12)13/h4-6,11,14H,2-3H2,1H3. The molecule has 0 saturated carbocycles. The van der Waals surface area contributed by atoms with Gasteiger partial charge < -0.3 is 14.6 Å². The van der Waals surface area contributed by atoms with Crippen molar-refractivity contribution in [1.82, 2.24) is 0 Å². The molecule has 4 nitrogen and oxygen atoms in total. The summed E-state index contributed by atoms with van der Waals surface area (Å²) in [5.74, 6) is -0.743. The summed E-state index contributed by atoms with van der Waals surface area (Å²) in [6, 6.07) is 3.80. The van der Waals surface area contributed by atoms with Gasteiger partial charge in [-0.25, -0.2) is 0 Å². The van der Waals surface area contributed by atoms with Crippen molar-refractivity contribution >= 4 is 5.97 Å². The average molecular weight is 246 g/mol. The predicted octanol–water partition coefficient (Wildman–Crippen LogP) is 2.10. The fourth-order valence-electron chi connectivity index (χ4n) is 1.31. The van der Waals surface area contributed by atoms with Gasteiger partial charge in [-0.3, -0.25) is 4.79 Å². The van der Waals surface area contributed by atoms with E-state index >= 15 is 0 Å². The highest BCUT2D eigenvalue weighted by atomic mass is 19.3. The van der Waals surface area contributed by atoms with Crippen molar-refractivity contribution in [3.8, 4) is 11.5 Å². The number of alkyl halides is 2. The van der Waals surface area contributed by atoms with Crippen LogP contribution >= 0.6 is 0 Å². The minimum absolute atomic E-state index is 0.105. The molecular formula is C11H12F2O4. The molecular weight excluding hydrogens is 234 g/mol. The molecule has 0 saturated heterocycles. The zero-order valence-corrected chi connectivity index (χ0v) is 9.15. The monoisotopic (exact) mass is 246 g/mol. The summed E-state index contributed by atoms with van der Waals surface area (Å²) < 4.78 is 32.6. The van der Waals surface area contributed by atoms with Gasteiger partial charge in [0.2, 0.25) is 0 Å². The number of phenols is 1. The number of carbonyl (C=O) groups excluding carboxylic acids is 1. The molecule has 0 aromatic heterocycles. The summed E-state index contributed by atoms with van der Waals surface area (Å²) in [4.78, 5) is 10.9. The number of hydrogen-bond acceptors (Lipinski definition) is 4. The van der Waals surface area contributed by atoms with E-state index in [1.165, 1.54) is 19.2 Å². The Labute approximate surface area is 96.8 Å². The van der Waals surface area contributed by atoms with E-state index in [9.17, 15) is 18.7 Å². The van der Waals surface area contributed by atoms with Gasteiger partial charge in [0.15, 0.2) is 0 Å². The normalized spacial score (nSPS) is 10.4. The lowest BCUT2D eigenvalue weighted by atomic mass is 10.1. The Bertz CT molecular complexity index is 393. The second-order valence-electron chi connectivity index (χ2n) is 3.29. The molecule has 0 unspecified atom stereocenters. The van der Waals surface area contributed by atoms with Crippen LogP contribution in [-0.2, 0) is 16.0 Å².